The van der Waals surface area contributed by atoms with E-state index in [1.54, 1.807) is 28.8 Å². The minimum Gasteiger partial charge on any atom is -0.350 e. The normalized spacial score (nSPS) is 18.4. The smallest absolute Gasteiger partial charge is 0.255 e. The van der Waals surface area contributed by atoms with Gasteiger partial charge >= 0.3 is 0 Å². The first-order valence-electron chi connectivity index (χ1n) is 9.60. The molecule has 1 fully saturated rings. The molecule has 1 aliphatic heterocycles. The van der Waals surface area contributed by atoms with Crippen LogP contribution in [-0.4, -0.2) is 28.5 Å². The minimum absolute atomic E-state index is 0.121. The molecule has 0 saturated carbocycles. The lowest BCUT2D eigenvalue weighted by Gasteiger charge is -2.29. The van der Waals surface area contributed by atoms with Gasteiger partial charge in [0.2, 0.25) is 5.91 Å². The van der Waals surface area contributed by atoms with Crippen LogP contribution in [0, 0.1) is 0 Å². The second-order valence-electron chi connectivity index (χ2n) is 6.89. The molecule has 2 amide bonds. The van der Waals surface area contributed by atoms with Crippen molar-refractivity contribution in [2.45, 2.75) is 18.0 Å². The molecule has 0 spiro atoms. The molecule has 1 aliphatic rings. The van der Waals surface area contributed by atoms with Gasteiger partial charge in [-0.3, -0.25) is 9.59 Å². The van der Waals surface area contributed by atoms with Gasteiger partial charge in [-0.05, 0) is 23.3 Å². The Morgan fingerprint density at radius 3 is 2.10 bits per heavy atom. The maximum absolute atomic E-state index is 13.4. The van der Waals surface area contributed by atoms with E-state index in [0.717, 1.165) is 11.1 Å². The third-order valence-corrected chi connectivity index (χ3v) is 6.28. The maximum atomic E-state index is 13.4. The zero-order valence-electron chi connectivity index (χ0n) is 15.9. The van der Waals surface area contributed by atoms with Gasteiger partial charge in [0.15, 0.2) is 0 Å². The predicted molar refractivity (Wildman–Crippen MR) is 116 cm³/mol. The van der Waals surface area contributed by atoms with Crippen LogP contribution in [0.4, 0.5) is 0 Å². The monoisotopic (exact) mass is 402 g/mol. The number of carbonyl (C=O) groups excluding carboxylic acids is 2. The number of amides is 2. The van der Waals surface area contributed by atoms with Gasteiger partial charge in [0.25, 0.3) is 5.91 Å². The molecule has 0 unspecified atom stereocenters. The van der Waals surface area contributed by atoms with E-state index < -0.39 is 6.04 Å². The Morgan fingerprint density at radius 1 is 0.862 bits per heavy atom. The van der Waals surface area contributed by atoms with Gasteiger partial charge < -0.3 is 10.2 Å². The van der Waals surface area contributed by atoms with E-state index in [-0.39, 0.29) is 17.2 Å². The summed E-state index contributed by atoms with van der Waals surface area (Å²) in [5.41, 5.74) is 2.66. The molecule has 5 heteroatoms. The fourth-order valence-corrected chi connectivity index (χ4v) is 4.89. The van der Waals surface area contributed by atoms with Crippen molar-refractivity contribution in [3.05, 3.63) is 108 Å². The third-order valence-electron chi connectivity index (χ3n) is 4.95. The first-order valence-corrected chi connectivity index (χ1v) is 10.6. The Hall–Kier alpha value is -3.05. The lowest BCUT2D eigenvalue weighted by molar-refractivity contribution is -0.125. The molecule has 146 valence electrons. The third kappa shape index (κ3) is 4.35. The van der Waals surface area contributed by atoms with Crippen molar-refractivity contribution in [3.63, 3.8) is 0 Å². The lowest BCUT2D eigenvalue weighted by Crippen LogP contribution is -2.47. The zero-order chi connectivity index (χ0) is 20.1. The summed E-state index contributed by atoms with van der Waals surface area (Å²) in [6, 6.07) is 28.3. The summed E-state index contributed by atoms with van der Waals surface area (Å²) >= 11 is 1.63. The molecule has 29 heavy (non-hydrogen) atoms. The molecule has 1 saturated heterocycles. The van der Waals surface area contributed by atoms with Crippen molar-refractivity contribution < 1.29 is 9.59 Å². The highest BCUT2D eigenvalue weighted by Crippen LogP contribution is 2.42. The minimum atomic E-state index is -0.512. The summed E-state index contributed by atoms with van der Waals surface area (Å²) in [4.78, 5) is 28.1. The van der Waals surface area contributed by atoms with Gasteiger partial charge in [-0.1, -0.05) is 78.9 Å². The topological polar surface area (TPSA) is 49.4 Å². The molecule has 2 atom stereocenters. The van der Waals surface area contributed by atoms with Crippen molar-refractivity contribution in [1.82, 2.24) is 10.2 Å². The zero-order valence-corrected chi connectivity index (χ0v) is 16.7. The largest absolute Gasteiger partial charge is 0.350 e. The highest BCUT2D eigenvalue weighted by atomic mass is 32.2. The van der Waals surface area contributed by atoms with E-state index in [0.29, 0.717) is 17.9 Å². The summed E-state index contributed by atoms with van der Waals surface area (Å²) in [5, 5.41) is 2.82. The Bertz CT molecular complexity index is 964. The van der Waals surface area contributed by atoms with Gasteiger partial charge in [0.05, 0.1) is 0 Å². The van der Waals surface area contributed by atoms with Gasteiger partial charge in [0.1, 0.15) is 11.4 Å². The van der Waals surface area contributed by atoms with E-state index in [2.05, 4.69) is 5.32 Å². The average Bonchev–Trinajstić information content (AvgIpc) is 3.24. The molecule has 3 aromatic carbocycles. The molecule has 4 rings (SSSR count). The second-order valence-corrected chi connectivity index (χ2v) is 8.01. The molecule has 1 N–H and O–H groups in total. The van der Waals surface area contributed by atoms with Gasteiger partial charge in [-0.2, -0.15) is 0 Å². The number of hydrogen-bond acceptors (Lipinski definition) is 3. The van der Waals surface area contributed by atoms with Crippen molar-refractivity contribution in [3.8, 4) is 0 Å². The van der Waals surface area contributed by atoms with Crippen LogP contribution in [0.2, 0.25) is 0 Å². The maximum Gasteiger partial charge on any atom is 0.255 e. The van der Waals surface area contributed by atoms with E-state index in [9.17, 15) is 9.59 Å². The van der Waals surface area contributed by atoms with E-state index in [1.807, 2.05) is 78.9 Å². The van der Waals surface area contributed by atoms with Crippen LogP contribution in [0.25, 0.3) is 0 Å². The lowest BCUT2D eigenvalue weighted by atomic mass is 10.1. The number of hydrogen-bond donors (Lipinski definition) is 1. The fraction of sp³-hybridized carbons (Fsp3) is 0.167. The van der Waals surface area contributed by atoms with Crippen LogP contribution in [-0.2, 0) is 11.3 Å². The summed E-state index contributed by atoms with van der Waals surface area (Å²) in [6.45, 7) is 0.449. The first-order chi connectivity index (χ1) is 14.2. The number of thioether (sulfide) groups is 1. The van der Waals surface area contributed by atoms with Crippen LogP contribution >= 0.6 is 11.8 Å². The molecule has 3 aromatic rings. The molecule has 4 nitrogen and oxygen atoms in total. The quantitative estimate of drug-likeness (QED) is 0.694. The first kappa shape index (κ1) is 19.3. The van der Waals surface area contributed by atoms with Crippen LogP contribution in [0.3, 0.4) is 0 Å². The summed E-state index contributed by atoms with van der Waals surface area (Å²) in [7, 11) is 0. The Kier molecular flexibility index (Phi) is 5.96. The Labute approximate surface area is 174 Å². The molecule has 0 aromatic heterocycles. The van der Waals surface area contributed by atoms with Crippen LogP contribution < -0.4 is 5.32 Å². The molecule has 0 aliphatic carbocycles. The van der Waals surface area contributed by atoms with Crippen molar-refractivity contribution in [2.75, 3.05) is 5.75 Å². The van der Waals surface area contributed by atoms with Crippen LogP contribution in [0.15, 0.2) is 91.0 Å². The molecule has 0 bridgehead atoms. The standard InChI is InChI=1S/C24H22N2O2S/c27-22(25-16-18-10-4-1-5-11-18)21-17-29-24(20-14-8-3-9-15-20)26(21)23(28)19-12-6-2-7-13-19/h1-15,21,24H,16-17H2,(H,25,27)/t21-,24+/m0/s1. The summed E-state index contributed by atoms with van der Waals surface area (Å²) < 4.78 is 0. The number of nitrogens with zero attached hydrogens (tertiary/aromatic N) is 1. The predicted octanol–water partition coefficient (Wildman–Crippen LogP) is 4.26. The van der Waals surface area contributed by atoms with Crippen molar-refractivity contribution >= 4 is 23.6 Å². The van der Waals surface area contributed by atoms with E-state index in [1.165, 1.54) is 0 Å². The number of rotatable bonds is 5. The Balaban J connectivity index is 1.58. The van der Waals surface area contributed by atoms with Crippen molar-refractivity contribution in [2.24, 2.45) is 0 Å². The molecular weight excluding hydrogens is 380 g/mol. The number of carbonyl (C=O) groups is 2. The molecular formula is C24H22N2O2S. The van der Waals surface area contributed by atoms with Crippen LogP contribution in [0.5, 0.6) is 0 Å². The van der Waals surface area contributed by atoms with Crippen molar-refractivity contribution in [1.29, 1.82) is 0 Å². The van der Waals surface area contributed by atoms with E-state index in [4.69, 9.17) is 0 Å². The number of benzene rings is 3. The molecule has 1 heterocycles. The number of nitrogens with one attached hydrogen (secondary N) is 1. The SMILES string of the molecule is O=C(NCc1ccccc1)[C@@H]1CS[C@H](c2ccccc2)N1C(=O)c1ccccc1. The van der Waals surface area contributed by atoms with E-state index >= 15 is 0 Å². The van der Waals surface area contributed by atoms with Gasteiger partial charge in [-0.25, -0.2) is 0 Å². The van der Waals surface area contributed by atoms with Gasteiger partial charge in [-0.15, -0.1) is 11.8 Å². The average molecular weight is 403 g/mol. The summed E-state index contributed by atoms with van der Waals surface area (Å²) in [5.74, 6) is 0.326. The fourth-order valence-electron chi connectivity index (χ4n) is 3.46. The highest BCUT2D eigenvalue weighted by molar-refractivity contribution is 7.99. The second kappa shape index (κ2) is 8.97. The Morgan fingerprint density at radius 2 is 1.45 bits per heavy atom. The summed E-state index contributed by atoms with van der Waals surface area (Å²) in [6.07, 6.45) is 0. The van der Waals surface area contributed by atoms with Crippen LogP contribution in [0.1, 0.15) is 26.9 Å². The highest BCUT2D eigenvalue weighted by Gasteiger charge is 2.42. The van der Waals surface area contributed by atoms with Gasteiger partial charge in [0, 0.05) is 17.9 Å². The molecule has 0 radical (unpaired) electrons.